The van der Waals surface area contributed by atoms with Gasteiger partial charge >= 0.3 is 5.97 Å². The first kappa shape index (κ1) is 14.2. The van der Waals surface area contributed by atoms with E-state index in [0.29, 0.717) is 12.8 Å². The van der Waals surface area contributed by atoms with Gasteiger partial charge < -0.3 is 10.4 Å². The van der Waals surface area contributed by atoms with Gasteiger partial charge in [-0.3, -0.25) is 9.59 Å². The van der Waals surface area contributed by atoms with Crippen molar-refractivity contribution in [2.45, 2.75) is 26.7 Å². The second kappa shape index (κ2) is 5.67. The van der Waals surface area contributed by atoms with Crippen LogP contribution in [-0.2, 0) is 9.59 Å². The molecule has 0 fully saturated rings. The van der Waals surface area contributed by atoms with Crippen LogP contribution in [0.5, 0.6) is 0 Å². The minimum absolute atomic E-state index is 0.231. The van der Waals surface area contributed by atoms with Gasteiger partial charge in [0.25, 0.3) is 0 Å². The van der Waals surface area contributed by atoms with Crippen LogP contribution in [-0.4, -0.2) is 23.5 Å². The van der Waals surface area contributed by atoms with Gasteiger partial charge in [-0.1, -0.05) is 12.2 Å². The number of carbonyl (C=O) groups excluding carboxylic acids is 1. The van der Waals surface area contributed by atoms with Gasteiger partial charge in [0, 0.05) is 6.54 Å². The number of carboxylic acids is 1. The zero-order chi connectivity index (χ0) is 13.8. The molecule has 98 valence electrons. The lowest BCUT2D eigenvalue weighted by Gasteiger charge is -2.25. The molecule has 0 saturated heterocycles. The molecule has 2 N–H and O–H groups in total. The first-order valence-electron chi connectivity index (χ1n) is 5.94. The number of aliphatic carboxylic acids is 1. The van der Waals surface area contributed by atoms with Gasteiger partial charge in [-0.05, 0) is 26.7 Å². The highest BCUT2D eigenvalue weighted by Gasteiger charge is 2.34. The average molecular weight is 250 g/mol. The molecule has 0 aromatic heterocycles. The summed E-state index contributed by atoms with van der Waals surface area (Å²) in [6.45, 7) is 3.68. The smallest absolute Gasteiger partial charge is 0.307 e. The predicted octanol–water partition coefficient (Wildman–Crippen LogP) is 1.32. The number of nitriles is 1. The molecule has 1 aliphatic carbocycles. The fourth-order valence-electron chi connectivity index (χ4n) is 1.86. The van der Waals surface area contributed by atoms with Crippen molar-refractivity contribution >= 4 is 11.9 Å². The van der Waals surface area contributed by atoms with Crippen LogP contribution in [0.25, 0.3) is 0 Å². The summed E-state index contributed by atoms with van der Waals surface area (Å²) in [5, 5.41) is 20.6. The molecule has 1 amide bonds. The molecule has 2 unspecified atom stereocenters. The summed E-state index contributed by atoms with van der Waals surface area (Å²) in [4.78, 5) is 23.0. The number of hydrogen-bond acceptors (Lipinski definition) is 3. The molecule has 0 aliphatic heterocycles. The normalized spacial score (nSPS) is 23.2. The van der Waals surface area contributed by atoms with E-state index in [2.05, 4.69) is 11.4 Å². The number of allylic oxidation sites excluding steroid dienone is 2. The number of rotatable bonds is 4. The Morgan fingerprint density at radius 1 is 1.39 bits per heavy atom. The second-order valence-electron chi connectivity index (χ2n) is 5.21. The van der Waals surface area contributed by atoms with Crippen molar-refractivity contribution < 1.29 is 14.7 Å². The van der Waals surface area contributed by atoms with E-state index in [1.807, 2.05) is 6.08 Å². The standard InChI is InChI=1S/C13H18N2O3/c1-13(2,7-14)8-15-11(16)9-5-3-4-6-10(9)12(17)18/h3-4,9-10H,5-6,8H2,1-2H3,(H,15,16)(H,17,18). The Morgan fingerprint density at radius 3 is 2.44 bits per heavy atom. The van der Waals surface area contributed by atoms with E-state index in [9.17, 15) is 9.59 Å². The van der Waals surface area contributed by atoms with E-state index >= 15 is 0 Å². The summed E-state index contributed by atoms with van der Waals surface area (Å²) in [7, 11) is 0. The second-order valence-corrected chi connectivity index (χ2v) is 5.21. The summed E-state index contributed by atoms with van der Waals surface area (Å²) in [5.41, 5.74) is -0.640. The van der Waals surface area contributed by atoms with Crippen molar-refractivity contribution in [1.82, 2.24) is 5.32 Å². The minimum atomic E-state index is -0.945. The van der Waals surface area contributed by atoms with Gasteiger partial charge in [0.1, 0.15) is 0 Å². The van der Waals surface area contributed by atoms with Crippen LogP contribution in [0.2, 0.25) is 0 Å². The summed E-state index contributed by atoms with van der Waals surface area (Å²) in [6, 6.07) is 2.09. The maximum absolute atomic E-state index is 12.0. The molecule has 18 heavy (non-hydrogen) atoms. The highest BCUT2D eigenvalue weighted by atomic mass is 16.4. The average Bonchev–Trinajstić information content (AvgIpc) is 2.36. The lowest BCUT2D eigenvalue weighted by Crippen LogP contribution is -2.42. The Kier molecular flexibility index (Phi) is 4.49. The molecule has 0 saturated carbocycles. The largest absolute Gasteiger partial charge is 0.481 e. The fraction of sp³-hybridized carbons (Fsp3) is 0.615. The number of amides is 1. The number of carboxylic acid groups (broad SMARTS) is 1. The molecule has 0 aromatic carbocycles. The van der Waals surface area contributed by atoms with Crippen LogP contribution < -0.4 is 5.32 Å². The van der Waals surface area contributed by atoms with Crippen LogP contribution in [0.15, 0.2) is 12.2 Å². The van der Waals surface area contributed by atoms with E-state index < -0.39 is 23.2 Å². The third-order valence-corrected chi connectivity index (χ3v) is 3.09. The molecular formula is C13H18N2O3. The molecule has 2 atom stereocenters. The van der Waals surface area contributed by atoms with Crippen LogP contribution in [0, 0.1) is 28.6 Å². The van der Waals surface area contributed by atoms with Crippen molar-refractivity contribution in [2.24, 2.45) is 17.3 Å². The monoisotopic (exact) mass is 250 g/mol. The zero-order valence-electron chi connectivity index (χ0n) is 10.6. The lowest BCUT2D eigenvalue weighted by molar-refractivity contribution is -0.147. The molecule has 0 bridgehead atoms. The zero-order valence-corrected chi connectivity index (χ0v) is 10.6. The lowest BCUT2D eigenvalue weighted by atomic mass is 9.82. The van der Waals surface area contributed by atoms with Crippen molar-refractivity contribution in [1.29, 1.82) is 5.26 Å². The Morgan fingerprint density at radius 2 is 1.94 bits per heavy atom. The van der Waals surface area contributed by atoms with Crippen molar-refractivity contribution in [2.75, 3.05) is 6.54 Å². The number of hydrogen-bond donors (Lipinski definition) is 2. The molecule has 1 aliphatic rings. The molecule has 1 rings (SSSR count). The molecule has 0 aromatic rings. The van der Waals surface area contributed by atoms with Crippen molar-refractivity contribution in [3.63, 3.8) is 0 Å². The predicted molar refractivity (Wildman–Crippen MR) is 65.4 cm³/mol. The molecule has 5 nitrogen and oxygen atoms in total. The molecule has 0 radical (unpaired) electrons. The first-order valence-corrected chi connectivity index (χ1v) is 5.94. The Hall–Kier alpha value is -1.83. The van der Waals surface area contributed by atoms with Crippen LogP contribution in [0.1, 0.15) is 26.7 Å². The van der Waals surface area contributed by atoms with Gasteiger partial charge in [0.15, 0.2) is 0 Å². The summed E-state index contributed by atoms with van der Waals surface area (Å²) < 4.78 is 0. The van der Waals surface area contributed by atoms with Gasteiger partial charge in [0.2, 0.25) is 5.91 Å². The highest BCUT2D eigenvalue weighted by Crippen LogP contribution is 2.26. The number of nitrogens with one attached hydrogen (secondary N) is 1. The third-order valence-electron chi connectivity index (χ3n) is 3.09. The quantitative estimate of drug-likeness (QED) is 0.736. The SMILES string of the molecule is CC(C)(C#N)CNC(=O)C1CC=CCC1C(=O)O. The number of nitrogens with zero attached hydrogens (tertiary/aromatic N) is 1. The van der Waals surface area contributed by atoms with Crippen LogP contribution >= 0.6 is 0 Å². The van der Waals surface area contributed by atoms with E-state index in [1.54, 1.807) is 19.9 Å². The van der Waals surface area contributed by atoms with Gasteiger partial charge in [-0.25, -0.2) is 0 Å². The minimum Gasteiger partial charge on any atom is -0.481 e. The summed E-state index contributed by atoms with van der Waals surface area (Å²) in [5.74, 6) is -2.43. The molecular weight excluding hydrogens is 232 g/mol. The Bertz CT molecular complexity index is 407. The first-order chi connectivity index (χ1) is 8.37. The van der Waals surface area contributed by atoms with E-state index in [1.165, 1.54) is 0 Å². The van der Waals surface area contributed by atoms with E-state index in [0.717, 1.165) is 0 Å². The number of carbonyl (C=O) groups is 2. The Balaban J connectivity index is 2.63. The third kappa shape index (κ3) is 3.59. The fourth-order valence-corrected chi connectivity index (χ4v) is 1.86. The Labute approximate surface area is 106 Å². The van der Waals surface area contributed by atoms with Crippen LogP contribution in [0.3, 0.4) is 0 Å². The van der Waals surface area contributed by atoms with Crippen LogP contribution in [0.4, 0.5) is 0 Å². The van der Waals surface area contributed by atoms with Crippen molar-refractivity contribution in [3.8, 4) is 6.07 Å². The van der Waals surface area contributed by atoms with Crippen molar-refractivity contribution in [3.05, 3.63) is 12.2 Å². The molecule has 0 heterocycles. The van der Waals surface area contributed by atoms with E-state index in [4.69, 9.17) is 10.4 Å². The highest BCUT2D eigenvalue weighted by molar-refractivity contribution is 5.85. The van der Waals surface area contributed by atoms with E-state index in [-0.39, 0.29) is 12.5 Å². The topological polar surface area (TPSA) is 90.2 Å². The maximum Gasteiger partial charge on any atom is 0.307 e. The van der Waals surface area contributed by atoms with Gasteiger partial charge in [0.05, 0.1) is 23.3 Å². The summed E-state index contributed by atoms with van der Waals surface area (Å²) in [6.07, 6.45) is 4.45. The maximum atomic E-state index is 12.0. The summed E-state index contributed by atoms with van der Waals surface area (Å²) >= 11 is 0. The van der Waals surface area contributed by atoms with Gasteiger partial charge in [-0.2, -0.15) is 5.26 Å². The molecule has 0 spiro atoms. The molecule has 5 heteroatoms. The van der Waals surface area contributed by atoms with Gasteiger partial charge in [-0.15, -0.1) is 0 Å².